The third-order valence-corrected chi connectivity index (χ3v) is 0. The van der Waals surface area contributed by atoms with E-state index in [2.05, 4.69) is 37.1 Å². The predicted molar refractivity (Wildman–Crippen MR) is 11.7 cm³/mol. The van der Waals surface area contributed by atoms with Gasteiger partial charge in [0.25, 0.3) is 0 Å². The quantitative estimate of drug-likeness (QED) is 0.564. The molecule has 0 radical (unpaired) electrons. The zero-order valence-corrected chi connectivity index (χ0v) is 6.73. The Kier molecular flexibility index (Phi) is 47.7. The standard InChI is InChI=1S/2ClH.Pd.Pt/h2*1H;;/q;;2*+1/p-2. The molecule has 0 spiro atoms. The van der Waals surface area contributed by atoms with Crippen molar-refractivity contribution in [3.63, 3.8) is 0 Å². The van der Waals surface area contributed by atoms with E-state index in [0.29, 0.717) is 0 Å². The Balaban J connectivity index is 0. The first-order chi connectivity index (χ1) is 2.00. The first-order valence-electron chi connectivity index (χ1n) is 0.239. The Bertz CT molecular complexity index is 6.00. The third-order valence-electron chi connectivity index (χ3n) is 0. The third kappa shape index (κ3) is 9.06. The number of hydrogen-bond acceptors (Lipinski definition) is 0. The number of hydrogen-bond donors (Lipinski definition) is 0. The van der Waals surface area contributed by atoms with Crippen LogP contribution in [-0.4, -0.2) is 0 Å². The van der Waals surface area contributed by atoms with Gasteiger partial charge < -0.3 is 0 Å². The Morgan fingerprint density at radius 2 is 1.25 bits per heavy atom. The average molecular weight is 372 g/mol. The summed E-state index contributed by atoms with van der Waals surface area (Å²) < 4.78 is 0. The average Bonchev–Trinajstić information content (AvgIpc) is 1.50. The van der Waals surface area contributed by atoms with Gasteiger partial charge in [-0.15, -0.1) is 0 Å². The van der Waals surface area contributed by atoms with Crippen molar-refractivity contribution >= 4 is 18.9 Å². The van der Waals surface area contributed by atoms with Crippen LogP contribution in [0, 0.1) is 0 Å². The van der Waals surface area contributed by atoms with E-state index in [-0.39, 0.29) is 0 Å². The normalized spacial score (nSPS) is 3.50. The Hall–Kier alpha value is 1.93. The summed E-state index contributed by atoms with van der Waals surface area (Å²) in [6, 6.07) is 0. The molecule has 0 rings (SSSR count). The second-order valence-corrected chi connectivity index (χ2v) is 0. The van der Waals surface area contributed by atoms with Gasteiger partial charge in [0.05, 0.1) is 0 Å². The fraction of sp³-hybridized carbons (Fsp3) is 0. The van der Waals surface area contributed by atoms with E-state index >= 15 is 0 Å². The molecular formula is Cl2PdPt. The van der Waals surface area contributed by atoms with Crippen LogP contribution in [-0.2, 0) is 37.0 Å². The van der Waals surface area contributed by atoms with Crippen LogP contribution in [0.2, 0.25) is 0 Å². The van der Waals surface area contributed by atoms with Crippen LogP contribution in [0.3, 0.4) is 0 Å². The second-order valence-electron chi connectivity index (χ2n) is 0. The van der Waals surface area contributed by atoms with Crippen molar-refractivity contribution in [2.45, 2.75) is 0 Å². The van der Waals surface area contributed by atoms with Crippen LogP contribution < -0.4 is 0 Å². The fourth-order valence-corrected chi connectivity index (χ4v) is 0. The van der Waals surface area contributed by atoms with Gasteiger partial charge in [0, 0.05) is 0 Å². The van der Waals surface area contributed by atoms with Crippen LogP contribution in [0.25, 0.3) is 0 Å². The fourth-order valence-electron chi connectivity index (χ4n) is 0. The maximum atomic E-state index is 4.61. The minimum atomic E-state index is 1.61. The van der Waals surface area contributed by atoms with Gasteiger partial charge in [-0.3, -0.25) is 0 Å². The van der Waals surface area contributed by atoms with Gasteiger partial charge in [-0.2, -0.15) is 0 Å². The molecular weight excluding hydrogens is 372 g/mol. The summed E-state index contributed by atoms with van der Waals surface area (Å²) in [7, 11) is 9.10. The molecule has 0 atom stereocenters. The minimum absolute atomic E-state index is 1.61. The van der Waals surface area contributed by atoms with E-state index in [1.807, 2.05) is 0 Å². The molecule has 0 saturated heterocycles. The second kappa shape index (κ2) is 20.4. The molecule has 0 unspecified atom stereocenters. The summed E-state index contributed by atoms with van der Waals surface area (Å²) in [6.45, 7) is 0. The maximum absolute atomic E-state index is 4.61. The van der Waals surface area contributed by atoms with Crippen molar-refractivity contribution < 1.29 is 37.0 Å². The molecule has 0 fully saturated rings. The van der Waals surface area contributed by atoms with Crippen molar-refractivity contribution in [3.8, 4) is 0 Å². The van der Waals surface area contributed by atoms with Gasteiger partial charge in [0.2, 0.25) is 0 Å². The van der Waals surface area contributed by atoms with Gasteiger partial charge in [-0.1, -0.05) is 0 Å². The predicted octanol–water partition coefficient (Wildman–Crippen LogP) is 1.37. The topological polar surface area (TPSA) is 0 Å². The molecule has 0 aliphatic heterocycles. The van der Waals surface area contributed by atoms with E-state index in [1.165, 1.54) is 0 Å². The molecule has 0 bridgehead atoms. The molecule has 0 aliphatic rings. The van der Waals surface area contributed by atoms with Gasteiger partial charge >= 0.3 is 55.9 Å². The van der Waals surface area contributed by atoms with Crippen molar-refractivity contribution in [1.82, 2.24) is 0 Å². The molecule has 0 amide bonds. The van der Waals surface area contributed by atoms with Gasteiger partial charge in [-0.05, 0) is 0 Å². The molecule has 0 aromatic rings. The van der Waals surface area contributed by atoms with E-state index in [9.17, 15) is 0 Å². The molecule has 4 heavy (non-hydrogen) atoms. The van der Waals surface area contributed by atoms with Crippen molar-refractivity contribution in [3.05, 3.63) is 0 Å². The number of rotatable bonds is 0. The first kappa shape index (κ1) is 9.33. The summed E-state index contributed by atoms with van der Waals surface area (Å²) in [5, 5.41) is 0. The van der Waals surface area contributed by atoms with Gasteiger partial charge in [0.1, 0.15) is 0 Å². The monoisotopic (exact) mass is 371 g/mol. The van der Waals surface area contributed by atoms with Gasteiger partial charge in [0.15, 0.2) is 0 Å². The zero-order chi connectivity index (χ0) is 4.00. The molecule has 0 aliphatic carbocycles. The summed E-state index contributed by atoms with van der Waals surface area (Å²) >= 11 is 3.83. The molecule has 0 saturated carbocycles. The van der Waals surface area contributed by atoms with Crippen molar-refractivity contribution in [2.75, 3.05) is 0 Å². The summed E-state index contributed by atoms with van der Waals surface area (Å²) in [5.74, 6) is 0. The summed E-state index contributed by atoms with van der Waals surface area (Å²) in [6.07, 6.45) is 0. The molecule has 0 aromatic carbocycles. The van der Waals surface area contributed by atoms with E-state index in [4.69, 9.17) is 0 Å². The van der Waals surface area contributed by atoms with Crippen LogP contribution in [0.5, 0.6) is 0 Å². The van der Waals surface area contributed by atoms with Crippen LogP contribution in [0.4, 0.5) is 0 Å². The van der Waals surface area contributed by atoms with E-state index in [1.54, 1.807) is 18.8 Å². The van der Waals surface area contributed by atoms with Crippen LogP contribution >= 0.6 is 18.9 Å². The Morgan fingerprint density at radius 1 is 1.25 bits per heavy atom. The summed E-state index contributed by atoms with van der Waals surface area (Å²) in [5.41, 5.74) is 0. The summed E-state index contributed by atoms with van der Waals surface area (Å²) in [4.78, 5) is 0. The molecule has 0 aromatic heterocycles. The van der Waals surface area contributed by atoms with Crippen LogP contribution in [0.15, 0.2) is 0 Å². The molecule has 4 heteroatoms. The van der Waals surface area contributed by atoms with Crippen LogP contribution in [0.1, 0.15) is 0 Å². The molecule has 34 valence electrons. The van der Waals surface area contributed by atoms with Crippen molar-refractivity contribution in [1.29, 1.82) is 0 Å². The van der Waals surface area contributed by atoms with Crippen molar-refractivity contribution in [2.24, 2.45) is 0 Å². The molecule has 0 N–H and O–H groups in total. The zero-order valence-electron chi connectivity index (χ0n) is 1.39. The first-order valence-corrected chi connectivity index (χ1v) is 5.06. The Labute approximate surface area is 55.4 Å². The SMILES string of the molecule is [Cl][Pd].[Cl][Pt]. The Morgan fingerprint density at radius 3 is 1.25 bits per heavy atom. The number of halogens is 2. The van der Waals surface area contributed by atoms with Gasteiger partial charge in [-0.25, -0.2) is 0 Å². The van der Waals surface area contributed by atoms with E-state index in [0.717, 1.165) is 0 Å². The van der Waals surface area contributed by atoms with E-state index < -0.39 is 0 Å². The molecule has 0 nitrogen and oxygen atoms in total. The molecule has 0 heterocycles.